The van der Waals surface area contributed by atoms with Crippen molar-refractivity contribution in [3.8, 4) is 11.3 Å². The van der Waals surface area contributed by atoms with Gasteiger partial charge in [-0.3, -0.25) is 0 Å². The molecule has 0 bridgehead atoms. The molecule has 0 radical (unpaired) electrons. The van der Waals surface area contributed by atoms with Crippen molar-refractivity contribution in [3.05, 3.63) is 63.5 Å². The van der Waals surface area contributed by atoms with Crippen LogP contribution in [-0.4, -0.2) is 41.8 Å². The second-order valence-electron chi connectivity index (χ2n) is 9.80. The molecule has 2 aromatic carbocycles. The largest absolute Gasteiger partial charge is 0.464 e. The first-order valence-corrected chi connectivity index (χ1v) is 14.3. The van der Waals surface area contributed by atoms with Crippen LogP contribution in [0.1, 0.15) is 59.8 Å². The van der Waals surface area contributed by atoms with Crippen LogP contribution in [-0.2, 0) is 16.1 Å². The minimum atomic E-state index is -0.406. The summed E-state index contributed by atoms with van der Waals surface area (Å²) >= 11 is 14.3. The van der Waals surface area contributed by atoms with Crippen molar-refractivity contribution in [2.45, 2.75) is 50.7 Å². The third-order valence-electron chi connectivity index (χ3n) is 7.30. The van der Waals surface area contributed by atoms with Crippen LogP contribution in [0.15, 0.2) is 40.9 Å². The summed E-state index contributed by atoms with van der Waals surface area (Å²) in [5.41, 5.74) is 3.84. The van der Waals surface area contributed by atoms with E-state index in [0.29, 0.717) is 39.5 Å². The van der Waals surface area contributed by atoms with E-state index in [1.54, 1.807) is 0 Å². The lowest BCUT2D eigenvalue weighted by Crippen LogP contribution is -2.24. The Labute approximate surface area is 234 Å². The third-order valence-corrected chi connectivity index (χ3v) is 8.74. The number of methoxy groups -OCH3 is 1. The minimum absolute atomic E-state index is 0.120. The van der Waals surface area contributed by atoms with Gasteiger partial charge in [-0.1, -0.05) is 34.4 Å². The van der Waals surface area contributed by atoms with Gasteiger partial charge in [-0.25, -0.2) is 4.79 Å². The van der Waals surface area contributed by atoms with Crippen LogP contribution in [0.25, 0.3) is 21.3 Å². The normalized spacial score (nSPS) is 18.1. The SMILES string of the molecule is COC(=O)c1nsc2cc(N3CCCC(OCc4c(-c5c(Cl)cccc5Cl)noc4C4CC4)CC3)ccc12. The summed E-state index contributed by atoms with van der Waals surface area (Å²) in [6.07, 6.45) is 5.21. The molecule has 1 saturated heterocycles. The lowest BCUT2D eigenvalue weighted by Gasteiger charge is -2.23. The number of benzene rings is 2. The number of fused-ring (bicyclic) bond motifs is 1. The monoisotopic (exact) mass is 571 g/mol. The van der Waals surface area contributed by atoms with Crippen LogP contribution in [0, 0.1) is 0 Å². The van der Waals surface area contributed by atoms with Gasteiger partial charge in [0.15, 0.2) is 5.69 Å². The first kappa shape index (κ1) is 25.6. The number of ether oxygens (including phenoxy) is 2. The number of esters is 1. The molecular formula is C28H27Cl2N3O4S. The smallest absolute Gasteiger partial charge is 0.358 e. The zero-order valence-corrected chi connectivity index (χ0v) is 23.2. The van der Waals surface area contributed by atoms with E-state index < -0.39 is 5.97 Å². The van der Waals surface area contributed by atoms with Gasteiger partial charge in [-0.2, -0.15) is 4.37 Å². The molecule has 2 fully saturated rings. The van der Waals surface area contributed by atoms with Crippen molar-refractivity contribution in [1.82, 2.24) is 9.53 Å². The molecule has 2 aromatic heterocycles. The van der Waals surface area contributed by atoms with Gasteiger partial charge in [0.2, 0.25) is 0 Å². The summed E-state index contributed by atoms with van der Waals surface area (Å²) in [4.78, 5) is 14.4. The lowest BCUT2D eigenvalue weighted by atomic mass is 10.0. The number of rotatable bonds is 7. The summed E-state index contributed by atoms with van der Waals surface area (Å²) in [7, 11) is 1.38. The van der Waals surface area contributed by atoms with E-state index in [9.17, 15) is 4.79 Å². The number of halogens is 2. The minimum Gasteiger partial charge on any atom is -0.464 e. The second-order valence-corrected chi connectivity index (χ2v) is 11.4. The Kier molecular flexibility index (Phi) is 7.31. The summed E-state index contributed by atoms with van der Waals surface area (Å²) in [6.45, 7) is 2.23. The van der Waals surface area contributed by atoms with Crippen molar-refractivity contribution in [1.29, 1.82) is 0 Å². The third kappa shape index (κ3) is 5.02. The van der Waals surface area contributed by atoms with E-state index in [-0.39, 0.29) is 6.10 Å². The van der Waals surface area contributed by atoms with E-state index in [4.69, 9.17) is 37.2 Å². The van der Waals surface area contributed by atoms with Crippen LogP contribution in [0.5, 0.6) is 0 Å². The highest BCUT2D eigenvalue weighted by atomic mass is 35.5. The summed E-state index contributed by atoms with van der Waals surface area (Å²) in [5, 5.41) is 6.31. The summed E-state index contributed by atoms with van der Waals surface area (Å²) < 4.78 is 22.4. The lowest BCUT2D eigenvalue weighted by molar-refractivity contribution is 0.0328. The second kappa shape index (κ2) is 10.8. The van der Waals surface area contributed by atoms with Crippen molar-refractivity contribution in [3.63, 3.8) is 0 Å². The number of carbonyl (C=O) groups is 1. The molecule has 7 nitrogen and oxygen atoms in total. The maximum Gasteiger partial charge on any atom is 0.358 e. The van der Waals surface area contributed by atoms with Gasteiger partial charge in [-0.05, 0) is 74.0 Å². The maximum absolute atomic E-state index is 12.0. The molecule has 38 heavy (non-hydrogen) atoms. The maximum atomic E-state index is 12.0. The standard InChI is InChI=1S/C28H27Cl2N3O4S/c1-35-28(34)26-19-10-9-17(14-23(19)38-32-26)33-12-3-4-18(11-13-33)36-15-20-25(31-37-27(20)16-7-8-16)24-21(29)5-2-6-22(24)30/h2,5-6,9-10,14,16,18H,3-4,7-8,11-13,15H2,1H3. The van der Waals surface area contributed by atoms with Gasteiger partial charge in [-0.15, -0.1) is 0 Å². The van der Waals surface area contributed by atoms with Gasteiger partial charge in [0.05, 0.1) is 34.6 Å². The van der Waals surface area contributed by atoms with E-state index >= 15 is 0 Å². The van der Waals surface area contributed by atoms with Crippen LogP contribution in [0.2, 0.25) is 10.0 Å². The molecule has 1 saturated carbocycles. The molecule has 1 unspecified atom stereocenters. The zero-order valence-electron chi connectivity index (χ0n) is 20.9. The van der Waals surface area contributed by atoms with Crippen molar-refractivity contribution in [2.75, 3.05) is 25.1 Å². The number of carbonyl (C=O) groups excluding carboxylic acids is 1. The molecule has 0 N–H and O–H groups in total. The van der Waals surface area contributed by atoms with Crippen LogP contribution in [0.3, 0.4) is 0 Å². The molecule has 4 aromatic rings. The molecular weight excluding hydrogens is 545 g/mol. The number of aromatic nitrogens is 2. The first-order valence-electron chi connectivity index (χ1n) is 12.8. The Hall–Kier alpha value is -2.65. The van der Waals surface area contributed by atoms with Crippen LogP contribution < -0.4 is 4.90 Å². The molecule has 1 atom stereocenters. The molecule has 1 aliphatic carbocycles. The molecule has 0 spiro atoms. The van der Waals surface area contributed by atoms with Gasteiger partial charge in [0, 0.05) is 41.2 Å². The molecule has 10 heteroatoms. The summed E-state index contributed by atoms with van der Waals surface area (Å²) in [5.74, 6) is 0.883. The van der Waals surface area contributed by atoms with Gasteiger partial charge >= 0.3 is 5.97 Å². The fourth-order valence-corrected chi connectivity index (χ4v) is 6.48. The first-order chi connectivity index (χ1) is 18.5. The van der Waals surface area contributed by atoms with E-state index in [1.807, 2.05) is 24.3 Å². The predicted octanol–water partition coefficient (Wildman–Crippen LogP) is 7.50. The Bertz CT molecular complexity index is 1460. The van der Waals surface area contributed by atoms with Gasteiger partial charge in [0.25, 0.3) is 0 Å². The molecule has 0 amide bonds. The Morgan fingerprint density at radius 2 is 1.95 bits per heavy atom. The summed E-state index contributed by atoms with van der Waals surface area (Å²) in [6, 6.07) is 11.6. The molecule has 6 rings (SSSR count). The number of hydrogen-bond acceptors (Lipinski definition) is 8. The van der Waals surface area contributed by atoms with E-state index in [1.165, 1.54) is 18.6 Å². The quantitative estimate of drug-likeness (QED) is 0.212. The van der Waals surface area contributed by atoms with Crippen molar-refractivity contribution >= 4 is 56.5 Å². The molecule has 3 heterocycles. The Morgan fingerprint density at radius 3 is 2.71 bits per heavy atom. The number of nitrogens with zero attached hydrogens (tertiary/aromatic N) is 3. The zero-order chi connectivity index (χ0) is 26.2. The Balaban J connectivity index is 1.16. The number of anilines is 1. The molecule has 2 aliphatic rings. The van der Waals surface area contributed by atoms with E-state index in [0.717, 1.165) is 72.3 Å². The van der Waals surface area contributed by atoms with E-state index in [2.05, 4.69) is 26.6 Å². The predicted molar refractivity (Wildman–Crippen MR) is 150 cm³/mol. The molecule has 1 aliphatic heterocycles. The van der Waals surface area contributed by atoms with Crippen molar-refractivity contribution in [2.24, 2.45) is 0 Å². The van der Waals surface area contributed by atoms with Crippen LogP contribution >= 0.6 is 34.7 Å². The topological polar surface area (TPSA) is 77.7 Å². The Morgan fingerprint density at radius 1 is 1.13 bits per heavy atom. The average Bonchev–Trinajstić information content (AvgIpc) is 3.62. The average molecular weight is 573 g/mol. The van der Waals surface area contributed by atoms with Crippen molar-refractivity contribution < 1.29 is 18.8 Å². The number of hydrogen-bond donors (Lipinski definition) is 0. The molecule has 198 valence electrons. The fourth-order valence-electron chi connectivity index (χ4n) is 5.11. The van der Waals surface area contributed by atoms with Gasteiger partial charge < -0.3 is 18.9 Å². The fraction of sp³-hybridized carbons (Fsp3) is 0.393. The van der Waals surface area contributed by atoms with Gasteiger partial charge in [0.1, 0.15) is 11.5 Å². The highest BCUT2D eigenvalue weighted by Gasteiger charge is 2.34. The van der Waals surface area contributed by atoms with Crippen LogP contribution in [0.4, 0.5) is 5.69 Å². The highest BCUT2D eigenvalue weighted by Crippen LogP contribution is 2.46. The highest BCUT2D eigenvalue weighted by molar-refractivity contribution is 7.13.